The van der Waals surface area contributed by atoms with E-state index in [1.807, 2.05) is 6.07 Å². The predicted octanol–water partition coefficient (Wildman–Crippen LogP) is 10.9. The van der Waals surface area contributed by atoms with Crippen molar-refractivity contribution in [3.05, 3.63) is 211 Å². The van der Waals surface area contributed by atoms with E-state index in [0.29, 0.717) is 0 Å². The highest BCUT2D eigenvalue weighted by molar-refractivity contribution is 6.10. The Bertz CT molecular complexity index is 2940. The minimum absolute atomic E-state index is 0.625. The molecule has 0 radical (unpaired) electrons. The normalized spacial score (nSPS) is 13.1. The van der Waals surface area contributed by atoms with Crippen molar-refractivity contribution in [1.82, 2.24) is 24.1 Å². The van der Waals surface area contributed by atoms with Gasteiger partial charge in [0.05, 0.1) is 33.2 Å². The molecule has 5 heteroatoms. The molecule has 0 saturated heterocycles. The number of para-hydroxylation sites is 3. The van der Waals surface area contributed by atoms with Crippen LogP contribution in [0.25, 0.3) is 66.9 Å². The SMILES string of the molecule is c1ccc(-n2c3ccccc3c3cc(-c4ccc5c(c4)C(c4ccccc4)(c4ccccc4)c4cccc6nc(-c7ccncn7)n-5c46)ccc32)cc1. The van der Waals surface area contributed by atoms with Crippen LogP contribution in [0.5, 0.6) is 0 Å². The summed E-state index contributed by atoms with van der Waals surface area (Å²) in [6.07, 6.45) is 3.38. The van der Waals surface area contributed by atoms with Crippen molar-refractivity contribution in [2.45, 2.75) is 5.41 Å². The maximum atomic E-state index is 5.25. The van der Waals surface area contributed by atoms with Crippen LogP contribution in [0.15, 0.2) is 188 Å². The van der Waals surface area contributed by atoms with Crippen LogP contribution in [-0.2, 0) is 5.41 Å². The summed E-state index contributed by atoms with van der Waals surface area (Å²) >= 11 is 0. The molecule has 0 amide bonds. The van der Waals surface area contributed by atoms with E-state index in [2.05, 4.69) is 189 Å². The number of hydrogen-bond acceptors (Lipinski definition) is 3. The zero-order valence-corrected chi connectivity index (χ0v) is 28.6. The molecule has 0 unspecified atom stereocenters. The molecule has 1 aliphatic rings. The Labute approximate surface area is 306 Å². The number of nitrogens with zero attached hydrogens (tertiary/aromatic N) is 5. The largest absolute Gasteiger partial charge is 0.309 e. The first-order chi connectivity index (χ1) is 26.3. The average Bonchev–Trinajstić information content (AvgIpc) is 3.79. The molecule has 0 saturated carbocycles. The zero-order valence-electron chi connectivity index (χ0n) is 28.6. The number of benzene rings is 7. The molecule has 0 fully saturated rings. The fourth-order valence-electron chi connectivity index (χ4n) is 8.79. The lowest BCUT2D eigenvalue weighted by Gasteiger charge is -2.41. The van der Waals surface area contributed by atoms with Gasteiger partial charge in [-0.15, -0.1) is 0 Å². The molecule has 248 valence electrons. The Hall–Kier alpha value is -7.11. The Balaban J connectivity index is 1.23. The van der Waals surface area contributed by atoms with Crippen LogP contribution in [0.1, 0.15) is 22.3 Å². The second-order valence-electron chi connectivity index (χ2n) is 13.7. The molecule has 7 aromatic carbocycles. The summed E-state index contributed by atoms with van der Waals surface area (Å²) in [7, 11) is 0. The summed E-state index contributed by atoms with van der Waals surface area (Å²) in [4.78, 5) is 14.1. The zero-order chi connectivity index (χ0) is 34.9. The molecule has 0 spiro atoms. The van der Waals surface area contributed by atoms with Crippen molar-refractivity contribution in [3.63, 3.8) is 0 Å². The van der Waals surface area contributed by atoms with E-state index in [4.69, 9.17) is 4.98 Å². The molecule has 4 heterocycles. The maximum absolute atomic E-state index is 5.25. The van der Waals surface area contributed by atoms with E-state index < -0.39 is 5.41 Å². The van der Waals surface area contributed by atoms with Crippen LogP contribution in [0, 0.1) is 0 Å². The van der Waals surface area contributed by atoms with Crippen molar-refractivity contribution in [1.29, 1.82) is 0 Å². The first-order valence-electron chi connectivity index (χ1n) is 17.9. The second-order valence-corrected chi connectivity index (χ2v) is 13.7. The fraction of sp³-hybridized carbons (Fsp3) is 0.0208. The molecule has 3 aromatic heterocycles. The second kappa shape index (κ2) is 11.5. The summed E-state index contributed by atoms with van der Waals surface area (Å²) in [5, 5.41) is 2.46. The third kappa shape index (κ3) is 4.22. The first kappa shape index (κ1) is 29.6. The van der Waals surface area contributed by atoms with Gasteiger partial charge in [-0.25, -0.2) is 15.0 Å². The van der Waals surface area contributed by atoms with Gasteiger partial charge in [0.15, 0.2) is 5.82 Å². The van der Waals surface area contributed by atoms with Crippen LogP contribution in [0.4, 0.5) is 0 Å². The fourth-order valence-corrected chi connectivity index (χ4v) is 8.79. The molecule has 0 atom stereocenters. The Kier molecular flexibility index (Phi) is 6.40. The van der Waals surface area contributed by atoms with Gasteiger partial charge in [-0.2, -0.15) is 0 Å². The Morgan fingerprint density at radius 3 is 1.92 bits per heavy atom. The van der Waals surface area contributed by atoms with Crippen molar-refractivity contribution in [2.24, 2.45) is 0 Å². The minimum atomic E-state index is -0.625. The van der Waals surface area contributed by atoms with E-state index in [9.17, 15) is 0 Å². The highest BCUT2D eigenvalue weighted by atomic mass is 15.1. The maximum Gasteiger partial charge on any atom is 0.164 e. The molecule has 53 heavy (non-hydrogen) atoms. The standard InChI is InChI=1S/C48H31N5/c1-4-13-34(14-5-1)48(35-15-6-2-7-16-35)39-20-12-21-41-46(39)53(47(51-41)42-27-28-49-31-50-42)45-26-24-33(30-40(45)48)32-23-25-44-38(29-32)37-19-10-11-22-43(37)52(44)36-17-8-3-9-18-36/h1-31H. The van der Waals surface area contributed by atoms with Gasteiger partial charge in [0.1, 0.15) is 12.0 Å². The summed E-state index contributed by atoms with van der Waals surface area (Å²) in [5.74, 6) is 0.800. The number of aromatic nitrogens is 5. The molecule has 1 aliphatic heterocycles. The van der Waals surface area contributed by atoms with Crippen molar-refractivity contribution in [2.75, 3.05) is 0 Å². The lowest BCUT2D eigenvalue weighted by Crippen LogP contribution is -2.35. The van der Waals surface area contributed by atoms with Gasteiger partial charge in [0.25, 0.3) is 0 Å². The topological polar surface area (TPSA) is 48.5 Å². The molecule has 0 N–H and O–H groups in total. The summed E-state index contributed by atoms with van der Waals surface area (Å²) in [6.45, 7) is 0. The van der Waals surface area contributed by atoms with Crippen LogP contribution >= 0.6 is 0 Å². The minimum Gasteiger partial charge on any atom is -0.309 e. The molecule has 10 aromatic rings. The van der Waals surface area contributed by atoms with Crippen LogP contribution < -0.4 is 0 Å². The third-order valence-corrected chi connectivity index (χ3v) is 11.0. The van der Waals surface area contributed by atoms with Gasteiger partial charge in [0, 0.05) is 22.7 Å². The molecular weight excluding hydrogens is 647 g/mol. The van der Waals surface area contributed by atoms with Crippen molar-refractivity contribution in [3.8, 4) is 34.0 Å². The van der Waals surface area contributed by atoms with E-state index in [0.717, 1.165) is 45.1 Å². The molecular formula is C48H31N5. The average molecular weight is 678 g/mol. The molecule has 0 aliphatic carbocycles. The van der Waals surface area contributed by atoms with Gasteiger partial charge in [-0.1, -0.05) is 121 Å². The predicted molar refractivity (Wildman–Crippen MR) is 214 cm³/mol. The summed E-state index contributed by atoms with van der Waals surface area (Å²) in [6, 6.07) is 63.6. The monoisotopic (exact) mass is 677 g/mol. The third-order valence-electron chi connectivity index (χ3n) is 11.0. The lowest BCUT2D eigenvalue weighted by molar-refractivity contribution is 0.725. The Morgan fingerprint density at radius 1 is 0.491 bits per heavy atom. The van der Waals surface area contributed by atoms with Crippen LogP contribution in [0.3, 0.4) is 0 Å². The van der Waals surface area contributed by atoms with Gasteiger partial charge in [0.2, 0.25) is 0 Å². The first-order valence-corrected chi connectivity index (χ1v) is 17.9. The summed E-state index contributed by atoms with van der Waals surface area (Å²) in [5.41, 5.74) is 13.9. The number of hydrogen-bond donors (Lipinski definition) is 0. The quantitative estimate of drug-likeness (QED) is 0.182. The van der Waals surface area contributed by atoms with E-state index in [1.54, 1.807) is 12.5 Å². The Morgan fingerprint density at radius 2 is 1.17 bits per heavy atom. The van der Waals surface area contributed by atoms with Crippen LogP contribution in [0.2, 0.25) is 0 Å². The molecule has 11 rings (SSSR count). The van der Waals surface area contributed by atoms with E-state index in [-0.39, 0.29) is 0 Å². The van der Waals surface area contributed by atoms with E-state index >= 15 is 0 Å². The van der Waals surface area contributed by atoms with Gasteiger partial charge in [-0.3, -0.25) is 4.57 Å². The van der Waals surface area contributed by atoms with E-state index in [1.165, 1.54) is 44.1 Å². The smallest absolute Gasteiger partial charge is 0.164 e. The van der Waals surface area contributed by atoms with Crippen molar-refractivity contribution >= 4 is 32.8 Å². The summed E-state index contributed by atoms with van der Waals surface area (Å²) < 4.78 is 4.68. The number of rotatable bonds is 5. The number of fused-ring (bicyclic) bond motifs is 5. The highest BCUT2D eigenvalue weighted by Gasteiger charge is 2.45. The van der Waals surface area contributed by atoms with Gasteiger partial charge >= 0.3 is 0 Å². The highest BCUT2D eigenvalue weighted by Crippen LogP contribution is 2.54. The molecule has 5 nitrogen and oxygen atoms in total. The van der Waals surface area contributed by atoms with Gasteiger partial charge in [-0.05, 0) is 88.0 Å². The number of imidazole rings is 1. The lowest BCUT2D eigenvalue weighted by atomic mass is 9.63. The van der Waals surface area contributed by atoms with Gasteiger partial charge < -0.3 is 4.57 Å². The molecule has 0 bridgehead atoms. The van der Waals surface area contributed by atoms with Crippen LogP contribution in [-0.4, -0.2) is 24.1 Å². The van der Waals surface area contributed by atoms with Crippen molar-refractivity contribution < 1.29 is 0 Å².